The Labute approximate surface area is 118 Å². The van der Waals surface area contributed by atoms with Gasteiger partial charge >= 0.3 is 0 Å². The first-order chi connectivity index (χ1) is 9.38. The molecule has 110 valence electrons. The van der Waals surface area contributed by atoms with E-state index in [1.807, 2.05) is 13.8 Å². The van der Waals surface area contributed by atoms with Crippen LogP contribution >= 0.6 is 0 Å². The number of carbonyl (C=O) groups is 2. The van der Waals surface area contributed by atoms with E-state index in [9.17, 15) is 9.59 Å². The number of nitrogens with zero attached hydrogens (tertiary/aromatic N) is 1. The van der Waals surface area contributed by atoms with Crippen LogP contribution in [0.3, 0.4) is 0 Å². The Morgan fingerprint density at radius 3 is 2.35 bits per heavy atom. The third-order valence-electron chi connectivity index (χ3n) is 2.53. The molecule has 20 heavy (non-hydrogen) atoms. The first-order valence-electron chi connectivity index (χ1n) is 6.43. The summed E-state index contributed by atoms with van der Waals surface area (Å²) in [6, 6.07) is 6.75. The number of ether oxygens (including phenoxy) is 1. The highest BCUT2D eigenvalue weighted by atomic mass is 16.5. The van der Waals surface area contributed by atoms with Crippen molar-refractivity contribution in [1.29, 1.82) is 0 Å². The summed E-state index contributed by atoms with van der Waals surface area (Å²) >= 11 is 0. The van der Waals surface area contributed by atoms with Crippen molar-refractivity contribution in [2.24, 2.45) is 11.7 Å². The second-order valence-corrected chi connectivity index (χ2v) is 4.99. The second kappa shape index (κ2) is 7.37. The molecule has 0 saturated heterocycles. The Balaban J connectivity index is 2.56. The van der Waals surface area contributed by atoms with Gasteiger partial charge in [-0.1, -0.05) is 13.8 Å². The molecule has 6 heteroatoms. The number of amides is 2. The number of anilines is 1. The van der Waals surface area contributed by atoms with E-state index in [2.05, 4.69) is 0 Å². The van der Waals surface area contributed by atoms with Gasteiger partial charge in [0.05, 0.1) is 6.54 Å². The van der Waals surface area contributed by atoms with E-state index < -0.39 is 5.91 Å². The maximum absolute atomic E-state index is 12.0. The fourth-order valence-corrected chi connectivity index (χ4v) is 1.68. The quantitative estimate of drug-likeness (QED) is 0.715. The average molecular weight is 279 g/mol. The van der Waals surface area contributed by atoms with E-state index in [0.717, 1.165) is 0 Å². The van der Waals surface area contributed by atoms with Gasteiger partial charge in [0.1, 0.15) is 5.75 Å². The van der Waals surface area contributed by atoms with Crippen LogP contribution in [0, 0.1) is 5.92 Å². The zero-order valence-electron chi connectivity index (χ0n) is 11.8. The van der Waals surface area contributed by atoms with Crippen molar-refractivity contribution in [3.8, 4) is 5.75 Å². The summed E-state index contributed by atoms with van der Waals surface area (Å²) in [5, 5.41) is 0. The number of primary amides is 1. The molecule has 1 aromatic carbocycles. The molecule has 0 spiro atoms. The van der Waals surface area contributed by atoms with E-state index >= 15 is 0 Å². The topological polar surface area (TPSA) is 98.6 Å². The Bertz CT molecular complexity index is 457. The molecule has 4 N–H and O–H groups in total. The minimum Gasteiger partial charge on any atom is -0.484 e. The van der Waals surface area contributed by atoms with Gasteiger partial charge in [0.15, 0.2) is 6.61 Å². The normalized spacial score (nSPS) is 10.3. The Morgan fingerprint density at radius 2 is 1.85 bits per heavy atom. The third-order valence-corrected chi connectivity index (χ3v) is 2.53. The van der Waals surface area contributed by atoms with Crippen LogP contribution < -0.4 is 16.2 Å². The highest BCUT2D eigenvalue weighted by Gasteiger charge is 2.17. The number of nitrogen functional groups attached to an aromatic ring is 1. The first-order valence-corrected chi connectivity index (χ1v) is 6.43. The lowest BCUT2D eigenvalue weighted by molar-refractivity contribution is -0.137. The van der Waals surface area contributed by atoms with E-state index in [1.54, 1.807) is 24.3 Å². The molecular formula is C14H21N3O3. The van der Waals surface area contributed by atoms with Gasteiger partial charge < -0.3 is 21.1 Å². The van der Waals surface area contributed by atoms with Gasteiger partial charge in [0, 0.05) is 12.2 Å². The van der Waals surface area contributed by atoms with Crippen LogP contribution in [-0.4, -0.2) is 36.4 Å². The lowest BCUT2D eigenvalue weighted by atomic mass is 10.2. The summed E-state index contributed by atoms with van der Waals surface area (Å²) in [5.74, 6) is -0.00763. The van der Waals surface area contributed by atoms with Crippen molar-refractivity contribution >= 4 is 17.5 Å². The summed E-state index contributed by atoms with van der Waals surface area (Å²) in [5.41, 5.74) is 11.3. The lowest BCUT2D eigenvalue weighted by Gasteiger charge is -2.23. The van der Waals surface area contributed by atoms with Crippen LogP contribution in [0.1, 0.15) is 13.8 Å². The van der Waals surface area contributed by atoms with Gasteiger partial charge in [-0.2, -0.15) is 0 Å². The molecule has 0 aromatic heterocycles. The Hall–Kier alpha value is -2.24. The van der Waals surface area contributed by atoms with Crippen LogP contribution in [0.25, 0.3) is 0 Å². The predicted molar refractivity (Wildman–Crippen MR) is 77.0 cm³/mol. The monoisotopic (exact) mass is 279 g/mol. The number of benzene rings is 1. The zero-order chi connectivity index (χ0) is 15.1. The molecule has 1 aromatic rings. The van der Waals surface area contributed by atoms with Crippen LogP contribution in [0.15, 0.2) is 24.3 Å². The Kier molecular flexibility index (Phi) is 5.83. The van der Waals surface area contributed by atoms with Gasteiger partial charge in [-0.15, -0.1) is 0 Å². The number of rotatable bonds is 7. The second-order valence-electron chi connectivity index (χ2n) is 4.99. The van der Waals surface area contributed by atoms with E-state index in [1.165, 1.54) is 4.90 Å². The summed E-state index contributed by atoms with van der Waals surface area (Å²) in [6.45, 7) is 4.16. The van der Waals surface area contributed by atoms with Crippen molar-refractivity contribution in [3.05, 3.63) is 24.3 Å². The van der Waals surface area contributed by atoms with Crippen molar-refractivity contribution in [2.75, 3.05) is 25.4 Å². The summed E-state index contributed by atoms with van der Waals surface area (Å²) in [6.07, 6.45) is 0. The SMILES string of the molecule is CC(C)CN(CC(N)=O)C(=O)COc1ccc(N)cc1. The van der Waals surface area contributed by atoms with Gasteiger partial charge in [-0.3, -0.25) is 9.59 Å². The smallest absolute Gasteiger partial charge is 0.260 e. The molecule has 0 aliphatic carbocycles. The third kappa shape index (κ3) is 5.60. The van der Waals surface area contributed by atoms with Crippen LogP contribution in [0.2, 0.25) is 0 Å². The fourth-order valence-electron chi connectivity index (χ4n) is 1.68. The van der Waals surface area contributed by atoms with Crippen molar-refractivity contribution in [2.45, 2.75) is 13.8 Å². The van der Waals surface area contributed by atoms with Gasteiger partial charge in [0.25, 0.3) is 5.91 Å². The zero-order valence-corrected chi connectivity index (χ0v) is 11.8. The predicted octanol–water partition coefficient (Wildman–Crippen LogP) is 0.618. The molecular weight excluding hydrogens is 258 g/mol. The molecule has 6 nitrogen and oxygen atoms in total. The molecule has 0 heterocycles. The fraction of sp³-hybridized carbons (Fsp3) is 0.429. The van der Waals surface area contributed by atoms with Crippen LogP contribution in [0.4, 0.5) is 5.69 Å². The summed E-state index contributed by atoms with van der Waals surface area (Å²) in [7, 11) is 0. The maximum atomic E-state index is 12.0. The number of nitrogens with two attached hydrogens (primary N) is 2. The van der Waals surface area contributed by atoms with Gasteiger partial charge in [0.2, 0.25) is 5.91 Å². The lowest BCUT2D eigenvalue weighted by Crippen LogP contribution is -2.42. The molecule has 0 aliphatic rings. The molecule has 0 saturated carbocycles. The minimum atomic E-state index is -0.536. The standard InChI is InChI=1S/C14H21N3O3/c1-10(2)7-17(8-13(16)18)14(19)9-20-12-5-3-11(15)4-6-12/h3-6,10H,7-9,15H2,1-2H3,(H2,16,18). The van der Waals surface area contributed by atoms with Crippen LogP contribution in [-0.2, 0) is 9.59 Å². The van der Waals surface area contributed by atoms with Gasteiger partial charge in [-0.05, 0) is 30.2 Å². The van der Waals surface area contributed by atoms with Crippen LogP contribution in [0.5, 0.6) is 5.75 Å². The highest BCUT2D eigenvalue weighted by molar-refractivity contribution is 5.84. The minimum absolute atomic E-state index is 0.0951. The summed E-state index contributed by atoms with van der Waals surface area (Å²) < 4.78 is 5.37. The van der Waals surface area contributed by atoms with Crippen molar-refractivity contribution < 1.29 is 14.3 Å². The molecule has 0 aliphatic heterocycles. The molecule has 0 unspecified atom stereocenters. The molecule has 2 amide bonds. The van der Waals surface area contributed by atoms with Crippen molar-refractivity contribution in [3.63, 3.8) is 0 Å². The number of hydrogen-bond acceptors (Lipinski definition) is 4. The molecule has 0 atom stereocenters. The Morgan fingerprint density at radius 1 is 1.25 bits per heavy atom. The number of hydrogen-bond donors (Lipinski definition) is 2. The van der Waals surface area contributed by atoms with Gasteiger partial charge in [-0.25, -0.2) is 0 Å². The highest BCUT2D eigenvalue weighted by Crippen LogP contribution is 2.13. The van der Waals surface area contributed by atoms with E-state index in [-0.39, 0.29) is 25.0 Å². The average Bonchev–Trinajstić information content (AvgIpc) is 2.36. The molecule has 0 radical (unpaired) electrons. The first kappa shape index (κ1) is 15.8. The largest absolute Gasteiger partial charge is 0.484 e. The molecule has 0 fully saturated rings. The van der Waals surface area contributed by atoms with Crippen molar-refractivity contribution in [1.82, 2.24) is 4.90 Å². The van der Waals surface area contributed by atoms with E-state index in [4.69, 9.17) is 16.2 Å². The molecule has 1 rings (SSSR count). The van der Waals surface area contributed by atoms with E-state index in [0.29, 0.717) is 18.0 Å². The maximum Gasteiger partial charge on any atom is 0.260 e. The summed E-state index contributed by atoms with van der Waals surface area (Å²) in [4.78, 5) is 24.4. The number of carbonyl (C=O) groups excluding carboxylic acids is 2. The molecule has 0 bridgehead atoms.